The summed E-state index contributed by atoms with van der Waals surface area (Å²) in [7, 11) is -3.47. The zero-order valence-corrected chi connectivity index (χ0v) is 16.8. The summed E-state index contributed by atoms with van der Waals surface area (Å²) in [6, 6.07) is 11.2. The van der Waals surface area contributed by atoms with Gasteiger partial charge in [0.05, 0.1) is 30.1 Å². The first kappa shape index (κ1) is 21.6. The fourth-order valence-electron chi connectivity index (χ4n) is 2.88. The van der Waals surface area contributed by atoms with E-state index in [9.17, 15) is 21.6 Å². The van der Waals surface area contributed by atoms with Crippen LogP contribution in [0.25, 0.3) is 11.1 Å². The SMILES string of the molecule is CC(C)S(=O)(=O)N[C@H]1COC[C@H]1Oc1ccc(-c2cccc(C(F)(F)F)c2)cc1. The van der Waals surface area contributed by atoms with E-state index < -0.39 is 39.2 Å². The Morgan fingerprint density at radius 3 is 2.38 bits per heavy atom. The van der Waals surface area contributed by atoms with Gasteiger partial charge >= 0.3 is 6.18 Å². The lowest BCUT2D eigenvalue weighted by Crippen LogP contribution is -2.47. The number of nitrogens with one attached hydrogen (secondary N) is 1. The predicted molar refractivity (Wildman–Crippen MR) is 103 cm³/mol. The average molecular weight is 429 g/mol. The molecule has 1 aliphatic rings. The molecule has 0 unspecified atom stereocenters. The van der Waals surface area contributed by atoms with E-state index in [2.05, 4.69) is 4.72 Å². The Kier molecular flexibility index (Phi) is 6.21. The highest BCUT2D eigenvalue weighted by molar-refractivity contribution is 7.90. The summed E-state index contributed by atoms with van der Waals surface area (Å²) < 4.78 is 76.7. The Labute approximate surface area is 167 Å². The first-order valence-corrected chi connectivity index (χ1v) is 10.6. The second kappa shape index (κ2) is 8.33. The molecule has 3 rings (SSSR count). The lowest BCUT2D eigenvalue weighted by atomic mass is 10.0. The molecule has 9 heteroatoms. The van der Waals surface area contributed by atoms with Crippen LogP contribution in [0.5, 0.6) is 5.75 Å². The molecule has 0 aromatic heterocycles. The number of benzene rings is 2. The van der Waals surface area contributed by atoms with Crippen molar-refractivity contribution in [3.8, 4) is 16.9 Å². The van der Waals surface area contributed by atoms with Gasteiger partial charge in [-0.25, -0.2) is 13.1 Å². The molecule has 0 aliphatic carbocycles. The monoisotopic (exact) mass is 429 g/mol. The maximum Gasteiger partial charge on any atom is 0.416 e. The van der Waals surface area contributed by atoms with Crippen LogP contribution in [0, 0.1) is 0 Å². The standard InChI is InChI=1S/C20H22F3NO4S/c1-13(2)29(25,26)24-18-11-27-12-19(18)28-17-8-6-14(7-9-17)15-4-3-5-16(10-15)20(21,22)23/h3-10,13,18-19,24H,11-12H2,1-2H3/t18-,19+/m0/s1. The molecule has 1 fully saturated rings. The second-order valence-corrected chi connectivity index (χ2v) is 9.38. The second-order valence-electron chi connectivity index (χ2n) is 7.11. The highest BCUT2D eigenvalue weighted by atomic mass is 32.2. The van der Waals surface area contributed by atoms with E-state index in [1.165, 1.54) is 6.07 Å². The highest BCUT2D eigenvalue weighted by Gasteiger charge is 2.34. The minimum atomic E-state index is -4.40. The number of sulfonamides is 1. The van der Waals surface area contributed by atoms with Gasteiger partial charge in [0.2, 0.25) is 10.0 Å². The van der Waals surface area contributed by atoms with E-state index in [0.29, 0.717) is 16.9 Å². The minimum absolute atomic E-state index is 0.207. The molecule has 2 atom stereocenters. The smallest absolute Gasteiger partial charge is 0.416 e. The quantitative estimate of drug-likeness (QED) is 0.758. The van der Waals surface area contributed by atoms with Crippen molar-refractivity contribution in [2.24, 2.45) is 0 Å². The van der Waals surface area contributed by atoms with Crippen LogP contribution in [0.3, 0.4) is 0 Å². The van der Waals surface area contributed by atoms with Crippen LogP contribution in [0.4, 0.5) is 13.2 Å². The third kappa shape index (κ3) is 5.29. The molecule has 1 N–H and O–H groups in total. The number of halogens is 3. The van der Waals surface area contributed by atoms with Gasteiger partial charge in [0.1, 0.15) is 11.9 Å². The van der Waals surface area contributed by atoms with E-state index >= 15 is 0 Å². The fraction of sp³-hybridized carbons (Fsp3) is 0.400. The molecule has 0 spiro atoms. The Hall–Kier alpha value is -2.10. The van der Waals surface area contributed by atoms with Crippen LogP contribution < -0.4 is 9.46 Å². The lowest BCUT2D eigenvalue weighted by molar-refractivity contribution is -0.137. The summed E-state index contributed by atoms with van der Waals surface area (Å²) in [4.78, 5) is 0. The summed E-state index contributed by atoms with van der Waals surface area (Å²) in [5.41, 5.74) is 0.347. The van der Waals surface area contributed by atoms with Crippen molar-refractivity contribution >= 4 is 10.0 Å². The number of alkyl halides is 3. The van der Waals surface area contributed by atoms with Crippen molar-refractivity contribution < 1.29 is 31.1 Å². The van der Waals surface area contributed by atoms with Gasteiger partial charge in [0.15, 0.2) is 0 Å². The van der Waals surface area contributed by atoms with E-state index in [-0.39, 0.29) is 13.2 Å². The zero-order valence-electron chi connectivity index (χ0n) is 15.9. The van der Waals surface area contributed by atoms with Crippen LogP contribution in [-0.4, -0.2) is 39.0 Å². The predicted octanol–water partition coefficient (Wildman–Crippen LogP) is 3.85. The zero-order chi connectivity index (χ0) is 21.2. The molecule has 0 amide bonds. The third-order valence-corrected chi connectivity index (χ3v) is 6.50. The minimum Gasteiger partial charge on any atom is -0.486 e. The Morgan fingerprint density at radius 1 is 1.07 bits per heavy atom. The first-order valence-electron chi connectivity index (χ1n) is 9.09. The average Bonchev–Trinajstić information content (AvgIpc) is 3.07. The summed E-state index contributed by atoms with van der Waals surface area (Å²) in [6.45, 7) is 3.61. The van der Waals surface area contributed by atoms with Crippen molar-refractivity contribution in [2.45, 2.75) is 37.4 Å². The Bertz CT molecular complexity index is 943. The molecular formula is C20H22F3NO4S. The van der Waals surface area contributed by atoms with Crippen LogP contribution >= 0.6 is 0 Å². The van der Waals surface area contributed by atoms with Crippen LogP contribution in [-0.2, 0) is 20.9 Å². The van der Waals surface area contributed by atoms with Crippen LogP contribution in [0.2, 0.25) is 0 Å². The molecule has 0 bridgehead atoms. The number of ether oxygens (including phenoxy) is 2. The topological polar surface area (TPSA) is 64.6 Å². The molecule has 2 aromatic rings. The van der Waals surface area contributed by atoms with Gasteiger partial charge in [-0.1, -0.05) is 24.3 Å². The molecule has 29 heavy (non-hydrogen) atoms. The van der Waals surface area contributed by atoms with Crippen LogP contribution in [0.15, 0.2) is 48.5 Å². The van der Waals surface area contributed by atoms with Crippen LogP contribution in [0.1, 0.15) is 19.4 Å². The van der Waals surface area contributed by atoms with Gasteiger partial charge in [-0.15, -0.1) is 0 Å². The summed E-state index contributed by atoms with van der Waals surface area (Å²) in [5, 5.41) is -0.574. The molecule has 0 saturated carbocycles. The third-order valence-electron chi connectivity index (χ3n) is 4.63. The van der Waals surface area contributed by atoms with Gasteiger partial charge in [-0.3, -0.25) is 0 Å². The molecule has 1 heterocycles. The maximum atomic E-state index is 12.9. The Morgan fingerprint density at radius 2 is 1.76 bits per heavy atom. The largest absolute Gasteiger partial charge is 0.486 e. The lowest BCUT2D eigenvalue weighted by Gasteiger charge is -2.21. The van der Waals surface area contributed by atoms with E-state index in [4.69, 9.17) is 9.47 Å². The van der Waals surface area contributed by atoms with Crippen molar-refractivity contribution in [3.05, 3.63) is 54.1 Å². The number of rotatable bonds is 6. The van der Waals surface area contributed by atoms with Gasteiger partial charge in [0.25, 0.3) is 0 Å². The highest BCUT2D eigenvalue weighted by Crippen LogP contribution is 2.32. The van der Waals surface area contributed by atoms with E-state index in [0.717, 1.165) is 12.1 Å². The molecule has 0 radical (unpaired) electrons. The van der Waals surface area contributed by atoms with Crippen molar-refractivity contribution in [1.82, 2.24) is 4.72 Å². The molecule has 5 nitrogen and oxygen atoms in total. The summed E-state index contributed by atoms with van der Waals surface area (Å²) in [5.74, 6) is 0.477. The van der Waals surface area contributed by atoms with Gasteiger partial charge in [0, 0.05) is 0 Å². The van der Waals surface area contributed by atoms with E-state index in [1.54, 1.807) is 44.2 Å². The van der Waals surface area contributed by atoms with Gasteiger partial charge in [-0.2, -0.15) is 13.2 Å². The van der Waals surface area contributed by atoms with Crippen molar-refractivity contribution in [1.29, 1.82) is 0 Å². The van der Waals surface area contributed by atoms with Gasteiger partial charge in [-0.05, 0) is 49.2 Å². The molecule has 1 aliphatic heterocycles. The molecule has 2 aromatic carbocycles. The number of hydrogen-bond acceptors (Lipinski definition) is 4. The Balaban J connectivity index is 1.71. The normalized spacial score (nSPS) is 20.2. The van der Waals surface area contributed by atoms with Crippen molar-refractivity contribution in [2.75, 3.05) is 13.2 Å². The molecule has 1 saturated heterocycles. The van der Waals surface area contributed by atoms with Crippen molar-refractivity contribution in [3.63, 3.8) is 0 Å². The summed E-state index contributed by atoms with van der Waals surface area (Å²) >= 11 is 0. The maximum absolute atomic E-state index is 12.9. The fourth-order valence-corrected chi connectivity index (χ4v) is 3.80. The van der Waals surface area contributed by atoms with E-state index in [1.807, 2.05) is 0 Å². The molecule has 158 valence electrons. The summed E-state index contributed by atoms with van der Waals surface area (Å²) in [6.07, 6.45) is -4.90. The van der Waals surface area contributed by atoms with Gasteiger partial charge < -0.3 is 9.47 Å². The number of hydrogen-bond donors (Lipinski definition) is 1. The molecular weight excluding hydrogens is 407 g/mol. The first-order chi connectivity index (χ1) is 13.6.